The zero-order valence-corrected chi connectivity index (χ0v) is 13.8. The lowest BCUT2D eigenvalue weighted by atomic mass is 10.1. The molecule has 0 radical (unpaired) electrons. The largest absolute Gasteiger partial charge is 0.493 e. The first-order valence-electron chi connectivity index (χ1n) is 7.18. The molecule has 0 N–H and O–H groups in total. The molecule has 0 amide bonds. The van der Waals surface area contributed by atoms with Gasteiger partial charge in [-0.25, -0.2) is 0 Å². The van der Waals surface area contributed by atoms with E-state index in [4.69, 9.17) is 14.2 Å². The standard InChI is InChI=1S/C19H20O4/c1-13(20)16-9-7-14(8-10-16)5-6-15-11-17(21-2)19(23-4)18(12-15)22-3/h5-12H,1-4H3/b6-5-. The van der Waals surface area contributed by atoms with Crippen LogP contribution in [0.5, 0.6) is 17.2 Å². The predicted octanol–water partition coefficient (Wildman–Crippen LogP) is 4.09. The molecule has 4 heteroatoms. The summed E-state index contributed by atoms with van der Waals surface area (Å²) in [7, 11) is 4.75. The summed E-state index contributed by atoms with van der Waals surface area (Å²) < 4.78 is 16.0. The molecule has 0 aliphatic rings. The van der Waals surface area contributed by atoms with E-state index in [0.29, 0.717) is 22.8 Å². The lowest BCUT2D eigenvalue weighted by Crippen LogP contribution is -1.95. The number of methoxy groups -OCH3 is 3. The molecule has 0 aliphatic carbocycles. The Morgan fingerprint density at radius 1 is 0.826 bits per heavy atom. The second-order valence-electron chi connectivity index (χ2n) is 4.97. The van der Waals surface area contributed by atoms with Crippen LogP contribution in [0.4, 0.5) is 0 Å². The summed E-state index contributed by atoms with van der Waals surface area (Å²) in [4.78, 5) is 11.3. The van der Waals surface area contributed by atoms with Gasteiger partial charge in [-0.3, -0.25) is 4.79 Å². The number of ketones is 1. The Morgan fingerprint density at radius 3 is 1.78 bits per heavy atom. The smallest absolute Gasteiger partial charge is 0.203 e. The molecule has 120 valence electrons. The highest BCUT2D eigenvalue weighted by Gasteiger charge is 2.11. The topological polar surface area (TPSA) is 44.8 Å². The summed E-state index contributed by atoms with van der Waals surface area (Å²) in [6.07, 6.45) is 3.91. The van der Waals surface area contributed by atoms with Crippen LogP contribution in [-0.2, 0) is 0 Å². The molecule has 23 heavy (non-hydrogen) atoms. The van der Waals surface area contributed by atoms with E-state index in [1.54, 1.807) is 28.3 Å². The molecule has 0 spiro atoms. The third kappa shape index (κ3) is 3.92. The van der Waals surface area contributed by atoms with Gasteiger partial charge in [-0.1, -0.05) is 36.4 Å². The minimum Gasteiger partial charge on any atom is -0.493 e. The van der Waals surface area contributed by atoms with Crippen LogP contribution < -0.4 is 14.2 Å². The van der Waals surface area contributed by atoms with E-state index in [1.807, 2.05) is 48.6 Å². The van der Waals surface area contributed by atoms with Crippen molar-refractivity contribution in [1.82, 2.24) is 0 Å². The highest BCUT2D eigenvalue weighted by Crippen LogP contribution is 2.38. The maximum atomic E-state index is 11.3. The van der Waals surface area contributed by atoms with Crippen LogP contribution in [0.1, 0.15) is 28.4 Å². The van der Waals surface area contributed by atoms with Crippen LogP contribution in [-0.4, -0.2) is 27.1 Å². The van der Waals surface area contributed by atoms with E-state index < -0.39 is 0 Å². The second kappa shape index (κ2) is 7.49. The lowest BCUT2D eigenvalue weighted by molar-refractivity contribution is 0.101. The minimum absolute atomic E-state index is 0.0603. The van der Waals surface area contributed by atoms with Crippen molar-refractivity contribution >= 4 is 17.9 Å². The third-order valence-electron chi connectivity index (χ3n) is 3.47. The molecule has 2 aromatic carbocycles. The highest BCUT2D eigenvalue weighted by molar-refractivity contribution is 5.94. The van der Waals surface area contributed by atoms with Crippen molar-refractivity contribution in [2.45, 2.75) is 6.92 Å². The molecular weight excluding hydrogens is 292 g/mol. The van der Waals surface area contributed by atoms with Crippen LogP contribution in [0.15, 0.2) is 36.4 Å². The summed E-state index contributed by atoms with van der Waals surface area (Å²) >= 11 is 0. The monoisotopic (exact) mass is 312 g/mol. The van der Waals surface area contributed by atoms with E-state index in [1.165, 1.54) is 0 Å². The van der Waals surface area contributed by atoms with Gasteiger partial charge in [0, 0.05) is 5.56 Å². The molecule has 0 atom stereocenters. The van der Waals surface area contributed by atoms with E-state index in [2.05, 4.69) is 0 Å². The van der Waals surface area contributed by atoms with Gasteiger partial charge in [0.25, 0.3) is 0 Å². The summed E-state index contributed by atoms with van der Waals surface area (Å²) in [6, 6.07) is 11.2. The first-order chi connectivity index (χ1) is 11.1. The van der Waals surface area contributed by atoms with Crippen molar-refractivity contribution in [3.8, 4) is 17.2 Å². The van der Waals surface area contributed by atoms with Crippen LogP contribution in [0, 0.1) is 0 Å². The molecule has 0 heterocycles. The van der Waals surface area contributed by atoms with Gasteiger partial charge >= 0.3 is 0 Å². The molecule has 0 aliphatic heterocycles. The van der Waals surface area contributed by atoms with Gasteiger partial charge < -0.3 is 14.2 Å². The molecule has 2 aromatic rings. The Morgan fingerprint density at radius 2 is 1.35 bits per heavy atom. The molecule has 0 saturated heterocycles. The number of carbonyl (C=O) groups is 1. The van der Waals surface area contributed by atoms with Crippen molar-refractivity contribution < 1.29 is 19.0 Å². The number of Topliss-reactive ketones (excluding diaryl/α,β-unsaturated/α-hetero) is 1. The average molecular weight is 312 g/mol. The SMILES string of the molecule is COc1cc(/C=C\c2ccc(C(C)=O)cc2)cc(OC)c1OC. The first kappa shape index (κ1) is 16.6. The fraction of sp³-hybridized carbons (Fsp3) is 0.211. The fourth-order valence-corrected chi connectivity index (χ4v) is 2.22. The maximum Gasteiger partial charge on any atom is 0.203 e. The molecule has 2 rings (SSSR count). The third-order valence-corrected chi connectivity index (χ3v) is 3.47. The van der Waals surface area contributed by atoms with Gasteiger partial charge in [-0.2, -0.15) is 0 Å². The molecule has 0 aromatic heterocycles. The van der Waals surface area contributed by atoms with E-state index in [0.717, 1.165) is 11.1 Å². The Balaban J connectivity index is 2.30. The van der Waals surface area contributed by atoms with Crippen LogP contribution >= 0.6 is 0 Å². The molecule has 0 bridgehead atoms. The van der Waals surface area contributed by atoms with Crippen molar-refractivity contribution in [1.29, 1.82) is 0 Å². The molecular formula is C19H20O4. The number of ether oxygens (including phenoxy) is 3. The normalized spacial score (nSPS) is 10.6. The van der Waals surface area contributed by atoms with Gasteiger partial charge in [-0.05, 0) is 30.2 Å². The summed E-state index contributed by atoms with van der Waals surface area (Å²) in [5.74, 6) is 1.85. The van der Waals surface area contributed by atoms with E-state index in [9.17, 15) is 4.79 Å². The Bertz CT molecular complexity index is 690. The zero-order valence-electron chi connectivity index (χ0n) is 13.8. The summed E-state index contributed by atoms with van der Waals surface area (Å²) in [5, 5.41) is 0. The summed E-state index contributed by atoms with van der Waals surface area (Å²) in [5.41, 5.74) is 2.63. The van der Waals surface area contributed by atoms with Crippen LogP contribution in [0.3, 0.4) is 0 Å². The average Bonchev–Trinajstić information content (AvgIpc) is 2.59. The summed E-state index contributed by atoms with van der Waals surface area (Å²) in [6.45, 7) is 1.56. The van der Waals surface area contributed by atoms with Crippen molar-refractivity contribution in [3.05, 3.63) is 53.1 Å². The van der Waals surface area contributed by atoms with Crippen LogP contribution in [0.2, 0.25) is 0 Å². The van der Waals surface area contributed by atoms with Gasteiger partial charge in [0.1, 0.15) is 0 Å². The zero-order chi connectivity index (χ0) is 16.8. The predicted molar refractivity (Wildman–Crippen MR) is 91.5 cm³/mol. The maximum absolute atomic E-state index is 11.3. The Hall–Kier alpha value is -2.75. The number of carbonyl (C=O) groups excluding carboxylic acids is 1. The number of rotatable bonds is 6. The van der Waals surface area contributed by atoms with Crippen LogP contribution in [0.25, 0.3) is 12.2 Å². The second-order valence-corrected chi connectivity index (χ2v) is 4.97. The lowest BCUT2D eigenvalue weighted by Gasteiger charge is -2.12. The highest BCUT2D eigenvalue weighted by atomic mass is 16.5. The molecule has 4 nitrogen and oxygen atoms in total. The number of benzene rings is 2. The van der Waals surface area contributed by atoms with Gasteiger partial charge in [-0.15, -0.1) is 0 Å². The fourth-order valence-electron chi connectivity index (χ4n) is 2.22. The van der Waals surface area contributed by atoms with Gasteiger partial charge in [0.15, 0.2) is 17.3 Å². The number of hydrogen-bond acceptors (Lipinski definition) is 4. The van der Waals surface area contributed by atoms with Gasteiger partial charge in [0.2, 0.25) is 5.75 Å². The number of hydrogen-bond donors (Lipinski definition) is 0. The van der Waals surface area contributed by atoms with Gasteiger partial charge in [0.05, 0.1) is 21.3 Å². The van der Waals surface area contributed by atoms with Crippen molar-refractivity contribution in [2.24, 2.45) is 0 Å². The minimum atomic E-state index is 0.0603. The van der Waals surface area contributed by atoms with Crippen molar-refractivity contribution in [2.75, 3.05) is 21.3 Å². The molecule has 0 saturated carbocycles. The first-order valence-corrected chi connectivity index (χ1v) is 7.18. The quantitative estimate of drug-likeness (QED) is 0.595. The van der Waals surface area contributed by atoms with E-state index in [-0.39, 0.29) is 5.78 Å². The Kier molecular flexibility index (Phi) is 5.41. The Labute approximate surface area is 136 Å². The molecule has 0 fully saturated rings. The molecule has 0 unspecified atom stereocenters. The van der Waals surface area contributed by atoms with E-state index >= 15 is 0 Å². The van der Waals surface area contributed by atoms with Crippen molar-refractivity contribution in [3.63, 3.8) is 0 Å².